The highest BCUT2D eigenvalue weighted by Crippen LogP contribution is 2.25. The number of hydrogen-bond acceptors (Lipinski definition) is 3. The summed E-state index contributed by atoms with van der Waals surface area (Å²) in [7, 11) is 0. The van der Waals surface area contributed by atoms with Crippen molar-refractivity contribution in [3.63, 3.8) is 0 Å². The van der Waals surface area contributed by atoms with Crippen molar-refractivity contribution in [3.8, 4) is 6.07 Å². The molecule has 0 amide bonds. The Labute approximate surface area is 103 Å². The largest absolute Gasteiger partial charge is 0.371 e. The average Bonchev–Trinajstić information content (AvgIpc) is 2.40. The van der Waals surface area contributed by atoms with Crippen molar-refractivity contribution in [1.29, 1.82) is 5.26 Å². The molecule has 0 bridgehead atoms. The fraction of sp³-hybridized carbons (Fsp3) is 0.571. The molecule has 1 aromatic rings. The first-order chi connectivity index (χ1) is 8.33. The Hall–Kier alpha value is -1.56. The molecule has 0 spiro atoms. The van der Waals surface area contributed by atoms with E-state index in [4.69, 9.17) is 5.26 Å². The van der Waals surface area contributed by atoms with Gasteiger partial charge in [-0.3, -0.25) is 0 Å². The third-order valence-corrected chi connectivity index (χ3v) is 3.53. The number of nitrogens with zero attached hydrogens (tertiary/aromatic N) is 3. The van der Waals surface area contributed by atoms with Crippen LogP contribution in [0.5, 0.6) is 0 Å². The number of rotatable bonds is 3. The van der Waals surface area contributed by atoms with E-state index in [9.17, 15) is 0 Å². The Morgan fingerprint density at radius 2 is 2.24 bits per heavy atom. The topological polar surface area (TPSA) is 39.9 Å². The molecule has 17 heavy (non-hydrogen) atoms. The number of nitriles is 1. The van der Waals surface area contributed by atoms with Crippen LogP contribution in [-0.2, 0) is 0 Å². The van der Waals surface area contributed by atoms with Gasteiger partial charge in [0.05, 0.1) is 0 Å². The van der Waals surface area contributed by atoms with Gasteiger partial charge in [0.15, 0.2) is 0 Å². The first kappa shape index (κ1) is 11.9. The highest BCUT2D eigenvalue weighted by atomic mass is 15.1. The van der Waals surface area contributed by atoms with E-state index in [0.29, 0.717) is 5.69 Å². The molecule has 0 saturated carbocycles. The fourth-order valence-corrected chi connectivity index (χ4v) is 2.57. The van der Waals surface area contributed by atoms with Gasteiger partial charge in [0.1, 0.15) is 11.8 Å². The van der Waals surface area contributed by atoms with Crippen molar-refractivity contribution < 1.29 is 0 Å². The van der Waals surface area contributed by atoms with Gasteiger partial charge in [0, 0.05) is 25.0 Å². The summed E-state index contributed by atoms with van der Waals surface area (Å²) in [6.45, 7) is 4.48. The zero-order valence-corrected chi connectivity index (χ0v) is 10.4. The van der Waals surface area contributed by atoms with E-state index in [1.165, 1.54) is 25.7 Å². The van der Waals surface area contributed by atoms with E-state index in [0.717, 1.165) is 24.7 Å². The van der Waals surface area contributed by atoms with Gasteiger partial charge in [0.25, 0.3) is 0 Å². The van der Waals surface area contributed by atoms with Crippen LogP contribution < -0.4 is 4.90 Å². The van der Waals surface area contributed by atoms with Crippen LogP contribution in [0.1, 0.15) is 38.3 Å². The SMILES string of the molecule is CCCC1CCN(c2ccnc(C#N)c2)CC1. The quantitative estimate of drug-likeness (QED) is 0.800. The van der Waals surface area contributed by atoms with Crippen molar-refractivity contribution in [2.45, 2.75) is 32.6 Å². The molecule has 0 atom stereocenters. The van der Waals surface area contributed by atoms with Gasteiger partial charge in [0.2, 0.25) is 0 Å². The molecular formula is C14H19N3. The van der Waals surface area contributed by atoms with Crippen LogP contribution in [0.15, 0.2) is 18.3 Å². The summed E-state index contributed by atoms with van der Waals surface area (Å²) in [5, 5.41) is 8.84. The molecule has 2 heterocycles. The minimum atomic E-state index is 0.512. The molecule has 1 aromatic heterocycles. The maximum absolute atomic E-state index is 8.84. The summed E-state index contributed by atoms with van der Waals surface area (Å²) in [6.07, 6.45) is 6.92. The molecule has 0 radical (unpaired) electrons. The smallest absolute Gasteiger partial charge is 0.142 e. The Morgan fingerprint density at radius 1 is 1.47 bits per heavy atom. The highest BCUT2D eigenvalue weighted by molar-refractivity contribution is 5.48. The minimum Gasteiger partial charge on any atom is -0.371 e. The van der Waals surface area contributed by atoms with Crippen molar-refractivity contribution >= 4 is 5.69 Å². The van der Waals surface area contributed by atoms with Gasteiger partial charge >= 0.3 is 0 Å². The lowest BCUT2D eigenvalue weighted by Gasteiger charge is -2.33. The van der Waals surface area contributed by atoms with E-state index >= 15 is 0 Å². The maximum atomic E-state index is 8.84. The third-order valence-electron chi connectivity index (χ3n) is 3.53. The van der Waals surface area contributed by atoms with Gasteiger partial charge < -0.3 is 4.90 Å². The van der Waals surface area contributed by atoms with Crippen LogP contribution in [0, 0.1) is 17.2 Å². The lowest BCUT2D eigenvalue weighted by molar-refractivity contribution is 0.378. The molecule has 0 N–H and O–H groups in total. The second kappa shape index (κ2) is 5.67. The fourth-order valence-electron chi connectivity index (χ4n) is 2.57. The number of hydrogen-bond donors (Lipinski definition) is 0. The van der Waals surface area contributed by atoms with E-state index in [1.54, 1.807) is 6.20 Å². The van der Waals surface area contributed by atoms with Crippen molar-refractivity contribution in [3.05, 3.63) is 24.0 Å². The molecule has 3 heteroatoms. The number of anilines is 1. The number of pyridine rings is 1. The van der Waals surface area contributed by atoms with Crippen LogP contribution >= 0.6 is 0 Å². The average molecular weight is 229 g/mol. The van der Waals surface area contributed by atoms with Crippen LogP contribution in [0.2, 0.25) is 0 Å². The predicted molar refractivity (Wildman–Crippen MR) is 68.8 cm³/mol. The molecule has 1 fully saturated rings. The molecule has 0 aliphatic carbocycles. The number of aromatic nitrogens is 1. The second-order valence-electron chi connectivity index (χ2n) is 4.73. The molecule has 0 unspecified atom stereocenters. The molecule has 1 aliphatic rings. The van der Waals surface area contributed by atoms with Crippen LogP contribution in [0.25, 0.3) is 0 Å². The summed E-state index contributed by atoms with van der Waals surface area (Å²) in [5.41, 5.74) is 1.66. The Kier molecular flexibility index (Phi) is 3.98. The van der Waals surface area contributed by atoms with Gasteiger partial charge in [-0.05, 0) is 30.9 Å². The van der Waals surface area contributed by atoms with Gasteiger partial charge in [-0.25, -0.2) is 4.98 Å². The predicted octanol–water partition coefficient (Wildman–Crippen LogP) is 2.97. The molecule has 3 nitrogen and oxygen atoms in total. The second-order valence-corrected chi connectivity index (χ2v) is 4.73. The standard InChI is InChI=1S/C14H19N3/c1-2-3-12-5-8-17(9-6-12)14-4-7-16-13(10-14)11-15/h4,7,10,12H,2-3,5-6,8-9H2,1H3. The van der Waals surface area contributed by atoms with Crippen LogP contribution in [0.3, 0.4) is 0 Å². The summed E-state index contributed by atoms with van der Waals surface area (Å²) >= 11 is 0. The van der Waals surface area contributed by atoms with E-state index in [1.807, 2.05) is 12.1 Å². The van der Waals surface area contributed by atoms with Gasteiger partial charge in [-0.15, -0.1) is 0 Å². The molecule has 1 saturated heterocycles. The molecule has 1 aliphatic heterocycles. The zero-order valence-electron chi connectivity index (χ0n) is 10.4. The van der Waals surface area contributed by atoms with Crippen molar-refractivity contribution in [2.24, 2.45) is 5.92 Å². The highest BCUT2D eigenvalue weighted by Gasteiger charge is 2.18. The number of piperidine rings is 1. The lowest BCUT2D eigenvalue weighted by Crippen LogP contribution is -2.33. The maximum Gasteiger partial charge on any atom is 0.142 e. The molecular weight excluding hydrogens is 210 g/mol. The molecule has 2 rings (SSSR count). The normalized spacial score (nSPS) is 16.8. The monoisotopic (exact) mass is 229 g/mol. The minimum absolute atomic E-state index is 0.512. The van der Waals surface area contributed by atoms with Crippen LogP contribution in [0.4, 0.5) is 5.69 Å². The first-order valence-electron chi connectivity index (χ1n) is 6.44. The zero-order chi connectivity index (χ0) is 12.1. The first-order valence-corrected chi connectivity index (χ1v) is 6.44. The summed E-state index contributed by atoms with van der Waals surface area (Å²) in [5.74, 6) is 0.897. The van der Waals surface area contributed by atoms with E-state index < -0.39 is 0 Å². The van der Waals surface area contributed by atoms with E-state index in [2.05, 4.69) is 22.9 Å². The Bertz CT molecular complexity index is 400. The van der Waals surface area contributed by atoms with Gasteiger partial charge in [-0.2, -0.15) is 5.26 Å². The van der Waals surface area contributed by atoms with Gasteiger partial charge in [-0.1, -0.05) is 19.8 Å². The van der Waals surface area contributed by atoms with Crippen molar-refractivity contribution in [2.75, 3.05) is 18.0 Å². The van der Waals surface area contributed by atoms with Crippen LogP contribution in [-0.4, -0.2) is 18.1 Å². The molecule has 0 aromatic carbocycles. The Balaban J connectivity index is 1.98. The summed E-state index contributed by atoms with van der Waals surface area (Å²) < 4.78 is 0. The summed E-state index contributed by atoms with van der Waals surface area (Å²) in [4.78, 5) is 6.38. The Morgan fingerprint density at radius 3 is 2.88 bits per heavy atom. The third kappa shape index (κ3) is 2.97. The lowest BCUT2D eigenvalue weighted by atomic mass is 9.92. The van der Waals surface area contributed by atoms with Crippen molar-refractivity contribution in [1.82, 2.24) is 4.98 Å². The van der Waals surface area contributed by atoms with E-state index in [-0.39, 0.29) is 0 Å². The summed E-state index contributed by atoms with van der Waals surface area (Å²) in [6, 6.07) is 5.99. The molecule has 90 valence electrons.